The first-order valence-corrected chi connectivity index (χ1v) is 12.2. The summed E-state index contributed by atoms with van der Waals surface area (Å²) >= 11 is 0. The number of benzene rings is 1. The van der Waals surface area contributed by atoms with Crippen molar-refractivity contribution in [2.75, 3.05) is 19.0 Å². The smallest absolute Gasteiger partial charge is 0.156 e. The molecule has 5 atom stereocenters. The maximum Gasteiger partial charge on any atom is 0.156 e. The van der Waals surface area contributed by atoms with Gasteiger partial charge >= 0.3 is 0 Å². The van der Waals surface area contributed by atoms with Gasteiger partial charge in [0.15, 0.2) is 5.78 Å². The molecule has 0 amide bonds. The summed E-state index contributed by atoms with van der Waals surface area (Å²) in [6, 6.07) is 8.97. The topological polar surface area (TPSA) is 40.5 Å². The van der Waals surface area contributed by atoms with Crippen LogP contribution in [0.5, 0.6) is 0 Å². The number of fused-ring (bicyclic) bond motifs is 4. The van der Waals surface area contributed by atoms with E-state index in [2.05, 4.69) is 62.0 Å². The fourth-order valence-corrected chi connectivity index (χ4v) is 7.38. The van der Waals surface area contributed by atoms with E-state index in [1.807, 2.05) is 13.0 Å². The van der Waals surface area contributed by atoms with E-state index in [-0.39, 0.29) is 17.1 Å². The minimum atomic E-state index is -0.914. The van der Waals surface area contributed by atoms with Gasteiger partial charge in [-0.05, 0) is 92.2 Å². The number of hydrogen-bond acceptors (Lipinski definition) is 3. The van der Waals surface area contributed by atoms with Crippen molar-refractivity contribution in [3.63, 3.8) is 0 Å². The van der Waals surface area contributed by atoms with Gasteiger partial charge in [0.05, 0.1) is 0 Å². The van der Waals surface area contributed by atoms with Crippen LogP contribution < -0.4 is 4.90 Å². The number of rotatable bonds is 2. The average Bonchev–Trinajstić information content (AvgIpc) is 3.03. The minimum absolute atomic E-state index is 0.221. The molecular weight excluding hydrogens is 394 g/mol. The van der Waals surface area contributed by atoms with Crippen molar-refractivity contribution in [3.8, 4) is 11.8 Å². The summed E-state index contributed by atoms with van der Waals surface area (Å²) in [7, 11) is 4.14. The van der Waals surface area contributed by atoms with Crippen LogP contribution in [0.3, 0.4) is 0 Å². The second-order valence-electron chi connectivity index (χ2n) is 10.8. The lowest BCUT2D eigenvalue weighted by Gasteiger charge is -2.53. The molecule has 2 fully saturated rings. The number of hydrogen-bond donors (Lipinski definition) is 1. The molecule has 4 aliphatic rings. The van der Waals surface area contributed by atoms with Gasteiger partial charge in [0, 0.05) is 37.5 Å². The van der Waals surface area contributed by atoms with E-state index in [4.69, 9.17) is 0 Å². The highest BCUT2D eigenvalue weighted by molar-refractivity contribution is 5.93. The summed E-state index contributed by atoms with van der Waals surface area (Å²) < 4.78 is 0. The van der Waals surface area contributed by atoms with Gasteiger partial charge in [-0.2, -0.15) is 0 Å². The molecule has 0 bridgehead atoms. The number of nitrogens with zero attached hydrogens (tertiary/aromatic N) is 1. The van der Waals surface area contributed by atoms with E-state index >= 15 is 0 Å². The third-order valence-electron chi connectivity index (χ3n) is 9.03. The van der Waals surface area contributed by atoms with Gasteiger partial charge in [-0.15, -0.1) is 5.92 Å². The van der Waals surface area contributed by atoms with Crippen molar-refractivity contribution in [1.82, 2.24) is 0 Å². The third kappa shape index (κ3) is 3.11. The first-order valence-electron chi connectivity index (χ1n) is 12.2. The lowest BCUT2D eigenvalue weighted by atomic mass is 9.51. The highest BCUT2D eigenvalue weighted by Gasteiger charge is 2.62. The molecular formula is C29H35NO2. The molecule has 1 aromatic rings. The Labute approximate surface area is 192 Å². The largest absolute Gasteiger partial charge is 0.378 e. The molecule has 0 saturated heterocycles. The van der Waals surface area contributed by atoms with Crippen LogP contribution in [0.1, 0.15) is 70.3 Å². The van der Waals surface area contributed by atoms with Crippen LogP contribution in [0, 0.1) is 29.1 Å². The second-order valence-corrected chi connectivity index (χ2v) is 10.8. The zero-order valence-corrected chi connectivity index (χ0v) is 19.9. The molecule has 4 aliphatic carbocycles. The number of anilines is 1. The number of carbonyl (C=O) groups excluding carboxylic acids is 1. The molecule has 32 heavy (non-hydrogen) atoms. The van der Waals surface area contributed by atoms with Crippen LogP contribution in [-0.2, 0) is 4.79 Å². The van der Waals surface area contributed by atoms with Crippen LogP contribution in [0.2, 0.25) is 0 Å². The standard InChI is InChI=1S/C29H35NO2/c1-5-15-29(32)16-14-26-24-12-8-20-17-22(31)11-13-23(20)27(24)25(18-28(26,29)2)19-6-9-21(10-7-19)30(3)4/h6-7,9-10,17,24-26,32H,8,11-14,16,18H2,1-4H3/t24-,25+,26-,28+,29-/m0/s1. The SMILES string of the molecule is CC#C[C@]1(O)CC[C@H]2[C@@H]3CCC4=CC(=O)CCC4=C3[C@@H](c3ccc(N(C)C)cc3)C[C@]21C. The fraction of sp³-hybridized carbons (Fsp3) is 0.552. The molecule has 0 aliphatic heterocycles. The van der Waals surface area contributed by atoms with E-state index in [9.17, 15) is 9.90 Å². The van der Waals surface area contributed by atoms with Crippen molar-refractivity contribution in [2.45, 2.75) is 70.3 Å². The van der Waals surface area contributed by atoms with E-state index < -0.39 is 5.60 Å². The van der Waals surface area contributed by atoms with Gasteiger partial charge in [0.25, 0.3) is 0 Å². The van der Waals surface area contributed by atoms with Crippen molar-refractivity contribution in [1.29, 1.82) is 0 Å². The predicted octanol–water partition coefficient (Wildman–Crippen LogP) is 5.41. The van der Waals surface area contributed by atoms with Crippen LogP contribution in [0.4, 0.5) is 5.69 Å². The van der Waals surface area contributed by atoms with Crippen molar-refractivity contribution < 1.29 is 9.90 Å². The van der Waals surface area contributed by atoms with Gasteiger partial charge in [-0.3, -0.25) is 4.79 Å². The zero-order chi connectivity index (χ0) is 22.7. The molecule has 1 aromatic carbocycles. The molecule has 3 nitrogen and oxygen atoms in total. The first kappa shape index (κ1) is 21.5. The van der Waals surface area contributed by atoms with Crippen LogP contribution in [0.15, 0.2) is 47.1 Å². The Morgan fingerprint density at radius 2 is 1.84 bits per heavy atom. The van der Waals surface area contributed by atoms with Gasteiger partial charge < -0.3 is 10.0 Å². The first-order chi connectivity index (χ1) is 15.3. The van der Waals surface area contributed by atoms with Crippen molar-refractivity contribution in [2.24, 2.45) is 17.3 Å². The van der Waals surface area contributed by atoms with Gasteiger partial charge in [-0.1, -0.05) is 30.6 Å². The Morgan fingerprint density at radius 3 is 2.53 bits per heavy atom. The molecule has 0 heterocycles. The van der Waals surface area contributed by atoms with Crippen molar-refractivity contribution in [3.05, 3.63) is 52.6 Å². The summed E-state index contributed by atoms with van der Waals surface area (Å²) in [5.74, 6) is 7.76. The molecule has 1 N–H and O–H groups in total. The normalized spacial score (nSPS) is 35.8. The highest BCUT2D eigenvalue weighted by Crippen LogP contribution is 2.66. The van der Waals surface area contributed by atoms with Crippen molar-refractivity contribution >= 4 is 11.5 Å². The summed E-state index contributed by atoms with van der Waals surface area (Å²) in [5, 5.41) is 11.7. The average molecular weight is 430 g/mol. The quantitative estimate of drug-likeness (QED) is 0.640. The molecule has 3 heteroatoms. The zero-order valence-electron chi connectivity index (χ0n) is 19.9. The van der Waals surface area contributed by atoms with Crippen LogP contribution in [0.25, 0.3) is 0 Å². The number of aliphatic hydroxyl groups is 1. The lowest BCUT2D eigenvalue weighted by molar-refractivity contribution is -0.114. The Balaban J connectivity index is 1.67. The molecule has 0 radical (unpaired) electrons. The van der Waals surface area contributed by atoms with Gasteiger partial charge in [0.1, 0.15) is 5.60 Å². The second kappa shape index (κ2) is 7.63. The number of ketones is 1. The van der Waals surface area contributed by atoms with E-state index in [0.717, 1.165) is 38.5 Å². The number of carbonyl (C=O) groups is 1. The Kier molecular flexibility index (Phi) is 5.13. The molecule has 2 saturated carbocycles. The Bertz CT molecular complexity index is 1070. The van der Waals surface area contributed by atoms with Crippen LogP contribution >= 0.6 is 0 Å². The molecule has 0 aromatic heterocycles. The Hall–Kier alpha value is -2.31. The molecule has 0 unspecified atom stereocenters. The van der Waals surface area contributed by atoms with Gasteiger partial charge in [0.2, 0.25) is 0 Å². The van der Waals surface area contributed by atoms with E-state index in [1.165, 1.54) is 22.4 Å². The third-order valence-corrected chi connectivity index (χ3v) is 9.03. The van der Waals surface area contributed by atoms with Gasteiger partial charge in [-0.25, -0.2) is 0 Å². The number of allylic oxidation sites excluding steroid dienone is 4. The van der Waals surface area contributed by atoms with E-state index in [0.29, 0.717) is 18.3 Å². The van der Waals surface area contributed by atoms with Crippen LogP contribution in [-0.4, -0.2) is 30.6 Å². The summed E-state index contributed by atoms with van der Waals surface area (Å²) in [5.41, 5.74) is 5.71. The van der Waals surface area contributed by atoms with E-state index in [1.54, 1.807) is 5.57 Å². The minimum Gasteiger partial charge on any atom is -0.378 e. The summed E-state index contributed by atoms with van der Waals surface area (Å²) in [6.07, 6.45) is 8.23. The predicted molar refractivity (Wildman–Crippen MR) is 129 cm³/mol. The maximum atomic E-state index is 12.2. The summed E-state index contributed by atoms with van der Waals surface area (Å²) in [6.45, 7) is 4.15. The fourth-order valence-electron chi connectivity index (χ4n) is 7.38. The molecule has 0 spiro atoms. The maximum absolute atomic E-state index is 12.2. The highest BCUT2D eigenvalue weighted by atomic mass is 16.3. The molecule has 168 valence electrons. The summed E-state index contributed by atoms with van der Waals surface area (Å²) in [4.78, 5) is 14.3. The Morgan fingerprint density at radius 1 is 1.09 bits per heavy atom. The monoisotopic (exact) mass is 429 g/mol. The molecule has 5 rings (SSSR count). The lowest BCUT2D eigenvalue weighted by Crippen LogP contribution is -2.51.